The standard InChI is InChI=1S/C22H27N3O2/c1-22(2,3)17-7-4-16(5-8-17)6-13-20(26)24-18-9-11-19(12-10-18)25-15-14-23-21(25)27/h4-5,7-12H,6,13-15H2,1-3H3,(H,23,27)(H,24,26). The fourth-order valence-electron chi connectivity index (χ4n) is 3.10. The molecular weight excluding hydrogens is 338 g/mol. The highest BCUT2D eigenvalue weighted by atomic mass is 16.2. The molecule has 0 aliphatic carbocycles. The van der Waals surface area contributed by atoms with Gasteiger partial charge in [0.15, 0.2) is 0 Å². The van der Waals surface area contributed by atoms with Gasteiger partial charge in [-0.25, -0.2) is 4.79 Å². The van der Waals surface area contributed by atoms with Gasteiger partial charge in [0.1, 0.15) is 0 Å². The summed E-state index contributed by atoms with van der Waals surface area (Å²) in [6, 6.07) is 15.8. The monoisotopic (exact) mass is 365 g/mol. The lowest BCUT2D eigenvalue weighted by molar-refractivity contribution is -0.116. The molecule has 1 fully saturated rings. The Morgan fingerprint density at radius 1 is 1.07 bits per heavy atom. The molecule has 3 amide bonds. The molecule has 27 heavy (non-hydrogen) atoms. The Morgan fingerprint density at radius 2 is 1.74 bits per heavy atom. The molecule has 0 unspecified atom stereocenters. The number of anilines is 2. The molecule has 0 atom stereocenters. The smallest absolute Gasteiger partial charge is 0.321 e. The molecule has 5 heteroatoms. The van der Waals surface area contributed by atoms with Gasteiger partial charge in [-0.2, -0.15) is 0 Å². The van der Waals surface area contributed by atoms with E-state index in [1.165, 1.54) is 5.56 Å². The first kappa shape index (κ1) is 19.0. The largest absolute Gasteiger partial charge is 0.336 e. The number of benzene rings is 2. The van der Waals surface area contributed by atoms with E-state index in [2.05, 4.69) is 55.7 Å². The van der Waals surface area contributed by atoms with Gasteiger partial charge in [0.2, 0.25) is 5.91 Å². The summed E-state index contributed by atoms with van der Waals surface area (Å²) in [4.78, 5) is 25.6. The van der Waals surface area contributed by atoms with Crippen LogP contribution < -0.4 is 15.5 Å². The Hall–Kier alpha value is -2.82. The van der Waals surface area contributed by atoms with Crippen molar-refractivity contribution in [1.29, 1.82) is 0 Å². The van der Waals surface area contributed by atoms with E-state index < -0.39 is 0 Å². The lowest BCUT2D eigenvalue weighted by Crippen LogP contribution is -2.27. The molecule has 2 aromatic carbocycles. The zero-order chi connectivity index (χ0) is 19.4. The molecule has 5 nitrogen and oxygen atoms in total. The Labute approximate surface area is 160 Å². The third-order valence-electron chi connectivity index (χ3n) is 4.78. The van der Waals surface area contributed by atoms with Crippen LogP contribution in [0.15, 0.2) is 48.5 Å². The van der Waals surface area contributed by atoms with Gasteiger partial charge in [0.25, 0.3) is 0 Å². The molecule has 1 saturated heterocycles. The highest BCUT2D eigenvalue weighted by Crippen LogP contribution is 2.23. The van der Waals surface area contributed by atoms with Crippen LogP contribution in [0.1, 0.15) is 38.3 Å². The van der Waals surface area contributed by atoms with E-state index in [9.17, 15) is 9.59 Å². The minimum Gasteiger partial charge on any atom is -0.336 e. The van der Waals surface area contributed by atoms with E-state index in [1.807, 2.05) is 24.3 Å². The van der Waals surface area contributed by atoms with Gasteiger partial charge in [-0.1, -0.05) is 45.0 Å². The van der Waals surface area contributed by atoms with Crippen molar-refractivity contribution in [3.63, 3.8) is 0 Å². The van der Waals surface area contributed by atoms with Crippen LogP contribution in [0, 0.1) is 0 Å². The zero-order valence-electron chi connectivity index (χ0n) is 16.2. The number of rotatable bonds is 5. The molecule has 3 rings (SSSR count). The number of nitrogens with one attached hydrogen (secondary N) is 2. The van der Waals surface area contributed by atoms with E-state index in [4.69, 9.17) is 0 Å². The number of nitrogens with zero attached hydrogens (tertiary/aromatic N) is 1. The van der Waals surface area contributed by atoms with Gasteiger partial charge >= 0.3 is 6.03 Å². The van der Waals surface area contributed by atoms with Crippen LogP contribution in [0.4, 0.5) is 16.2 Å². The first-order valence-electron chi connectivity index (χ1n) is 9.38. The highest BCUT2D eigenvalue weighted by Gasteiger charge is 2.20. The van der Waals surface area contributed by atoms with Crippen LogP contribution >= 0.6 is 0 Å². The second-order valence-electron chi connectivity index (χ2n) is 7.93. The first-order chi connectivity index (χ1) is 12.8. The lowest BCUT2D eigenvalue weighted by Gasteiger charge is -2.19. The molecule has 2 aromatic rings. The predicted octanol–water partition coefficient (Wildman–Crippen LogP) is 4.09. The van der Waals surface area contributed by atoms with Gasteiger partial charge in [0, 0.05) is 30.9 Å². The second kappa shape index (κ2) is 7.82. The summed E-state index contributed by atoms with van der Waals surface area (Å²) in [5.41, 5.74) is 4.17. The van der Waals surface area contributed by atoms with Gasteiger partial charge in [-0.3, -0.25) is 9.69 Å². The topological polar surface area (TPSA) is 61.4 Å². The molecule has 0 bridgehead atoms. The number of carbonyl (C=O) groups is 2. The Balaban J connectivity index is 1.51. The average Bonchev–Trinajstić information content (AvgIpc) is 3.06. The molecule has 142 valence electrons. The molecule has 2 N–H and O–H groups in total. The van der Waals surface area contributed by atoms with Crippen LogP contribution in [-0.4, -0.2) is 25.0 Å². The van der Waals surface area contributed by atoms with Crippen molar-refractivity contribution in [3.8, 4) is 0 Å². The van der Waals surface area contributed by atoms with Crippen molar-refractivity contribution >= 4 is 23.3 Å². The molecule has 0 radical (unpaired) electrons. The number of aryl methyl sites for hydroxylation is 1. The van der Waals surface area contributed by atoms with E-state index >= 15 is 0 Å². The number of hydrogen-bond acceptors (Lipinski definition) is 2. The normalized spacial score (nSPS) is 14.2. The van der Waals surface area contributed by atoms with Crippen molar-refractivity contribution in [2.24, 2.45) is 0 Å². The summed E-state index contributed by atoms with van der Waals surface area (Å²) >= 11 is 0. The summed E-state index contributed by atoms with van der Waals surface area (Å²) in [5.74, 6) is -0.0124. The number of hydrogen-bond donors (Lipinski definition) is 2. The Bertz CT molecular complexity index is 805. The van der Waals surface area contributed by atoms with Gasteiger partial charge in [-0.05, 0) is 47.2 Å². The van der Waals surface area contributed by atoms with Gasteiger partial charge in [0.05, 0.1) is 0 Å². The summed E-state index contributed by atoms with van der Waals surface area (Å²) in [6.45, 7) is 7.90. The molecule has 0 saturated carbocycles. The van der Waals surface area contributed by atoms with Gasteiger partial charge < -0.3 is 10.6 Å². The van der Waals surface area contributed by atoms with Gasteiger partial charge in [-0.15, -0.1) is 0 Å². The fourth-order valence-corrected chi connectivity index (χ4v) is 3.10. The van der Waals surface area contributed by atoms with Crippen molar-refractivity contribution in [3.05, 3.63) is 59.7 Å². The zero-order valence-corrected chi connectivity index (χ0v) is 16.2. The molecule has 0 aromatic heterocycles. The average molecular weight is 365 g/mol. The lowest BCUT2D eigenvalue weighted by atomic mass is 9.86. The summed E-state index contributed by atoms with van der Waals surface area (Å²) in [6.07, 6.45) is 1.15. The molecule has 1 heterocycles. The highest BCUT2D eigenvalue weighted by molar-refractivity contribution is 5.95. The Kier molecular flexibility index (Phi) is 5.49. The predicted molar refractivity (Wildman–Crippen MR) is 109 cm³/mol. The van der Waals surface area contributed by atoms with Crippen LogP contribution in [-0.2, 0) is 16.6 Å². The number of carbonyl (C=O) groups excluding carboxylic acids is 2. The molecular formula is C22H27N3O2. The minimum absolute atomic E-state index is 0.0124. The van der Waals surface area contributed by atoms with Crippen LogP contribution in [0.3, 0.4) is 0 Å². The van der Waals surface area contributed by atoms with E-state index in [0.717, 1.165) is 16.9 Å². The third-order valence-corrected chi connectivity index (χ3v) is 4.78. The van der Waals surface area contributed by atoms with E-state index in [1.54, 1.807) is 4.90 Å². The van der Waals surface area contributed by atoms with Crippen LogP contribution in [0.25, 0.3) is 0 Å². The second-order valence-corrected chi connectivity index (χ2v) is 7.93. The SMILES string of the molecule is CC(C)(C)c1ccc(CCC(=O)Nc2ccc(N3CCNC3=O)cc2)cc1. The van der Waals surface area contributed by atoms with Crippen molar-refractivity contribution in [2.75, 3.05) is 23.3 Å². The van der Waals surface area contributed by atoms with E-state index in [0.29, 0.717) is 25.9 Å². The van der Waals surface area contributed by atoms with E-state index in [-0.39, 0.29) is 17.4 Å². The Morgan fingerprint density at radius 3 is 2.30 bits per heavy atom. The fraction of sp³-hybridized carbons (Fsp3) is 0.364. The molecule has 1 aliphatic rings. The maximum absolute atomic E-state index is 12.2. The molecule has 1 aliphatic heterocycles. The van der Waals surface area contributed by atoms with Crippen molar-refractivity contribution in [1.82, 2.24) is 5.32 Å². The minimum atomic E-state index is -0.0794. The summed E-state index contributed by atoms with van der Waals surface area (Å²) in [5, 5.41) is 5.69. The summed E-state index contributed by atoms with van der Waals surface area (Å²) < 4.78 is 0. The summed E-state index contributed by atoms with van der Waals surface area (Å²) in [7, 11) is 0. The first-order valence-corrected chi connectivity index (χ1v) is 9.38. The molecule has 0 spiro atoms. The maximum Gasteiger partial charge on any atom is 0.321 e. The number of amides is 3. The van der Waals surface area contributed by atoms with Crippen molar-refractivity contribution < 1.29 is 9.59 Å². The van der Waals surface area contributed by atoms with Crippen LogP contribution in [0.2, 0.25) is 0 Å². The van der Waals surface area contributed by atoms with Crippen LogP contribution in [0.5, 0.6) is 0 Å². The maximum atomic E-state index is 12.2. The third kappa shape index (κ3) is 4.88. The number of urea groups is 1. The quantitative estimate of drug-likeness (QED) is 0.838. The van der Waals surface area contributed by atoms with Crippen molar-refractivity contribution in [2.45, 2.75) is 39.0 Å².